The number of rotatable bonds is 3. The molecule has 0 bridgehead atoms. The molecular weight excluding hydrogens is 252 g/mol. The number of nitrogens with one attached hydrogen (secondary N) is 2. The second-order valence-electron chi connectivity index (χ2n) is 3.83. The number of carbonyl (C=O) groups excluding carboxylic acids is 1. The quantitative estimate of drug-likeness (QED) is 0.894. The molecule has 0 radical (unpaired) electrons. The van der Waals surface area contributed by atoms with E-state index in [0.29, 0.717) is 11.5 Å². The fourth-order valence-electron chi connectivity index (χ4n) is 1.48. The average Bonchev–Trinajstić information content (AvgIpc) is 2.35. The monoisotopic (exact) mass is 263 g/mol. The van der Waals surface area contributed by atoms with Crippen molar-refractivity contribution in [1.82, 2.24) is 4.98 Å². The molecule has 0 aliphatic carbocycles. The second kappa shape index (κ2) is 5.43. The van der Waals surface area contributed by atoms with Gasteiger partial charge in [0.1, 0.15) is 23.1 Å². The van der Waals surface area contributed by atoms with E-state index >= 15 is 0 Å². The Morgan fingerprint density at radius 2 is 1.84 bits per heavy atom. The molecule has 0 saturated carbocycles. The Labute approximate surface area is 108 Å². The summed E-state index contributed by atoms with van der Waals surface area (Å²) in [5, 5.41) is 5.09. The van der Waals surface area contributed by atoms with Gasteiger partial charge in [-0.3, -0.25) is 4.79 Å². The van der Waals surface area contributed by atoms with Crippen molar-refractivity contribution in [1.29, 1.82) is 0 Å². The van der Waals surface area contributed by atoms with Crippen molar-refractivity contribution in [2.75, 3.05) is 10.6 Å². The average molecular weight is 263 g/mol. The van der Waals surface area contributed by atoms with Crippen LogP contribution in [0.2, 0.25) is 0 Å². The van der Waals surface area contributed by atoms with Gasteiger partial charge in [0.2, 0.25) is 5.91 Å². The Morgan fingerprint density at radius 1 is 1.16 bits per heavy atom. The molecule has 1 aromatic heterocycles. The highest BCUT2D eigenvalue weighted by atomic mass is 19.1. The number of amides is 1. The standard InChI is InChI=1S/C13H11F2N3O/c1-8(19)17-12-6-5-9(7-16-12)18-13-10(14)3-2-4-11(13)15/h2-7,18H,1H3,(H,16,17,19). The molecule has 0 saturated heterocycles. The Bertz CT molecular complexity index is 579. The van der Waals surface area contributed by atoms with Crippen LogP contribution in [0.25, 0.3) is 0 Å². The van der Waals surface area contributed by atoms with E-state index in [2.05, 4.69) is 15.6 Å². The zero-order valence-electron chi connectivity index (χ0n) is 10.1. The molecule has 0 spiro atoms. The van der Waals surface area contributed by atoms with Gasteiger partial charge in [-0.1, -0.05) is 6.07 Å². The van der Waals surface area contributed by atoms with Gasteiger partial charge >= 0.3 is 0 Å². The third-order valence-electron chi connectivity index (χ3n) is 2.30. The molecule has 98 valence electrons. The van der Waals surface area contributed by atoms with Gasteiger partial charge in [0.05, 0.1) is 11.9 Å². The third-order valence-corrected chi connectivity index (χ3v) is 2.30. The molecule has 2 aromatic rings. The molecule has 1 amide bonds. The first-order valence-corrected chi connectivity index (χ1v) is 5.51. The van der Waals surface area contributed by atoms with Crippen LogP contribution in [0.1, 0.15) is 6.92 Å². The Balaban J connectivity index is 2.18. The number of carbonyl (C=O) groups is 1. The highest BCUT2D eigenvalue weighted by Crippen LogP contribution is 2.23. The number of hydrogen-bond donors (Lipinski definition) is 2. The van der Waals surface area contributed by atoms with E-state index in [1.807, 2.05) is 0 Å². The van der Waals surface area contributed by atoms with E-state index in [9.17, 15) is 13.6 Å². The van der Waals surface area contributed by atoms with Gasteiger partial charge in [-0.15, -0.1) is 0 Å². The summed E-state index contributed by atoms with van der Waals surface area (Å²) in [5.41, 5.74) is 0.176. The molecule has 4 nitrogen and oxygen atoms in total. The Kier molecular flexibility index (Phi) is 3.70. The number of benzene rings is 1. The topological polar surface area (TPSA) is 54.0 Å². The molecule has 0 unspecified atom stereocenters. The molecule has 6 heteroatoms. The van der Waals surface area contributed by atoms with E-state index in [0.717, 1.165) is 12.1 Å². The highest BCUT2D eigenvalue weighted by molar-refractivity contribution is 5.87. The fourth-order valence-corrected chi connectivity index (χ4v) is 1.48. The summed E-state index contributed by atoms with van der Waals surface area (Å²) in [6.45, 7) is 1.36. The zero-order chi connectivity index (χ0) is 13.8. The van der Waals surface area contributed by atoms with Crippen molar-refractivity contribution in [3.8, 4) is 0 Å². The first-order valence-electron chi connectivity index (χ1n) is 5.51. The molecule has 0 atom stereocenters. The zero-order valence-corrected chi connectivity index (χ0v) is 10.1. The van der Waals surface area contributed by atoms with Crippen molar-refractivity contribution >= 4 is 23.1 Å². The normalized spacial score (nSPS) is 10.1. The van der Waals surface area contributed by atoms with Crippen molar-refractivity contribution in [2.24, 2.45) is 0 Å². The van der Waals surface area contributed by atoms with Crippen molar-refractivity contribution in [3.05, 3.63) is 48.2 Å². The lowest BCUT2D eigenvalue weighted by Crippen LogP contribution is -2.07. The SMILES string of the molecule is CC(=O)Nc1ccc(Nc2c(F)cccc2F)cn1. The van der Waals surface area contributed by atoms with Crippen LogP contribution in [0.4, 0.5) is 26.0 Å². The van der Waals surface area contributed by atoms with Crippen LogP contribution in [0.5, 0.6) is 0 Å². The predicted octanol–water partition coefficient (Wildman–Crippen LogP) is 3.06. The van der Waals surface area contributed by atoms with Gasteiger partial charge in [-0.05, 0) is 24.3 Å². The van der Waals surface area contributed by atoms with Gasteiger partial charge in [-0.25, -0.2) is 13.8 Å². The van der Waals surface area contributed by atoms with Crippen molar-refractivity contribution < 1.29 is 13.6 Å². The summed E-state index contributed by atoms with van der Waals surface area (Å²) in [6, 6.07) is 6.69. The number of hydrogen-bond acceptors (Lipinski definition) is 3. The maximum atomic E-state index is 13.4. The minimum absolute atomic E-state index is 0.239. The van der Waals surface area contributed by atoms with Crippen molar-refractivity contribution in [3.63, 3.8) is 0 Å². The number of aromatic nitrogens is 1. The van der Waals surface area contributed by atoms with Crippen LogP contribution >= 0.6 is 0 Å². The predicted molar refractivity (Wildman–Crippen MR) is 68.2 cm³/mol. The van der Waals surface area contributed by atoms with Crippen LogP contribution in [0.3, 0.4) is 0 Å². The number of para-hydroxylation sites is 1. The van der Waals surface area contributed by atoms with E-state index in [4.69, 9.17) is 0 Å². The van der Waals surface area contributed by atoms with E-state index in [-0.39, 0.29) is 11.6 Å². The lowest BCUT2D eigenvalue weighted by Gasteiger charge is -2.09. The summed E-state index contributed by atoms with van der Waals surface area (Å²) in [7, 11) is 0. The third kappa shape index (κ3) is 3.25. The van der Waals surface area contributed by atoms with Crippen LogP contribution in [-0.4, -0.2) is 10.9 Å². The summed E-state index contributed by atoms with van der Waals surface area (Å²) in [5.74, 6) is -1.25. The van der Waals surface area contributed by atoms with Gasteiger partial charge < -0.3 is 10.6 Å². The molecule has 0 aliphatic heterocycles. The van der Waals surface area contributed by atoms with Gasteiger partial charge in [0, 0.05) is 6.92 Å². The minimum Gasteiger partial charge on any atom is -0.349 e. The molecule has 19 heavy (non-hydrogen) atoms. The van der Waals surface area contributed by atoms with Gasteiger partial charge in [0.15, 0.2) is 0 Å². The number of pyridine rings is 1. The molecule has 1 aromatic carbocycles. The van der Waals surface area contributed by atoms with Crippen LogP contribution in [0, 0.1) is 11.6 Å². The molecule has 2 N–H and O–H groups in total. The summed E-state index contributed by atoms with van der Waals surface area (Å²) in [4.78, 5) is 14.7. The van der Waals surface area contributed by atoms with Crippen LogP contribution < -0.4 is 10.6 Å². The van der Waals surface area contributed by atoms with E-state index in [1.54, 1.807) is 6.07 Å². The second-order valence-corrected chi connectivity index (χ2v) is 3.83. The van der Waals surface area contributed by atoms with Crippen LogP contribution in [-0.2, 0) is 4.79 Å². The highest BCUT2D eigenvalue weighted by Gasteiger charge is 2.08. The minimum atomic E-state index is -0.689. The Hall–Kier alpha value is -2.50. The summed E-state index contributed by atoms with van der Waals surface area (Å²) >= 11 is 0. The fraction of sp³-hybridized carbons (Fsp3) is 0.0769. The Morgan fingerprint density at radius 3 is 2.37 bits per heavy atom. The maximum absolute atomic E-state index is 13.4. The molecule has 2 rings (SSSR count). The van der Waals surface area contributed by atoms with Gasteiger partial charge in [0.25, 0.3) is 0 Å². The number of nitrogens with zero attached hydrogens (tertiary/aromatic N) is 1. The van der Waals surface area contributed by atoms with E-state index < -0.39 is 11.6 Å². The molecule has 1 heterocycles. The molecular formula is C13H11F2N3O. The summed E-state index contributed by atoms with van der Waals surface area (Å²) in [6.07, 6.45) is 1.37. The number of anilines is 3. The van der Waals surface area contributed by atoms with Gasteiger partial charge in [-0.2, -0.15) is 0 Å². The molecule has 0 fully saturated rings. The first kappa shape index (κ1) is 12.9. The lowest BCUT2D eigenvalue weighted by atomic mass is 10.2. The maximum Gasteiger partial charge on any atom is 0.222 e. The van der Waals surface area contributed by atoms with Crippen molar-refractivity contribution in [2.45, 2.75) is 6.92 Å². The largest absolute Gasteiger partial charge is 0.349 e. The molecule has 0 aliphatic rings. The smallest absolute Gasteiger partial charge is 0.222 e. The first-order chi connectivity index (χ1) is 9.06. The van der Waals surface area contributed by atoms with Crippen LogP contribution in [0.15, 0.2) is 36.5 Å². The lowest BCUT2D eigenvalue weighted by molar-refractivity contribution is -0.114. The summed E-state index contributed by atoms with van der Waals surface area (Å²) < 4.78 is 26.8. The van der Waals surface area contributed by atoms with E-state index in [1.165, 1.54) is 25.3 Å². The number of halogens is 2.